The molecule has 0 aliphatic carbocycles. The number of imidazole rings is 1. The number of hydrogen-bond donors (Lipinski definition) is 0. The van der Waals surface area contributed by atoms with Crippen LogP contribution in [0.3, 0.4) is 0 Å². The highest BCUT2D eigenvalue weighted by Crippen LogP contribution is 2.27. The van der Waals surface area contributed by atoms with Crippen molar-refractivity contribution in [2.75, 3.05) is 0 Å². The van der Waals surface area contributed by atoms with Gasteiger partial charge in [0, 0.05) is 18.5 Å². The Hall–Kier alpha value is -2.57. The summed E-state index contributed by atoms with van der Waals surface area (Å²) >= 11 is 12.4. The van der Waals surface area contributed by atoms with Gasteiger partial charge in [-0.05, 0) is 24.6 Å². The minimum atomic E-state index is -0.534. The van der Waals surface area contributed by atoms with Crippen molar-refractivity contribution in [3.8, 4) is 5.69 Å². The van der Waals surface area contributed by atoms with Gasteiger partial charge in [-0.3, -0.25) is 9.36 Å². The third-order valence-electron chi connectivity index (χ3n) is 4.64. The first-order valence-electron chi connectivity index (χ1n) is 8.77. The fourth-order valence-electron chi connectivity index (χ4n) is 3.27. The zero-order valence-electron chi connectivity index (χ0n) is 15.7. The topological polar surface area (TPSA) is 61.8 Å². The highest BCUT2D eigenvalue weighted by Gasteiger charge is 2.24. The van der Waals surface area contributed by atoms with E-state index in [1.54, 1.807) is 30.4 Å². The summed E-state index contributed by atoms with van der Waals surface area (Å²) in [6, 6.07) is 4.60. The van der Waals surface area contributed by atoms with Crippen molar-refractivity contribution in [3.63, 3.8) is 0 Å². The van der Waals surface area contributed by atoms with Crippen LogP contribution in [0, 0.1) is 0 Å². The molecule has 0 saturated heterocycles. The molecule has 1 aromatic carbocycles. The number of aromatic nitrogens is 4. The van der Waals surface area contributed by atoms with Crippen molar-refractivity contribution >= 4 is 34.4 Å². The molecule has 3 aromatic rings. The summed E-state index contributed by atoms with van der Waals surface area (Å²) in [7, 11) is 1.43. The molecule has 28 heavy (non-hydrogen) atoms. The first kappa shape index (κ1) is 20.2. The fraction of sp³-hybridized carbons (Fsp3) is 0.250. The van der Waals surface area contributed by atoms with Gasteiger partial charge in [0.2, 0.25) is 0 Å². The molecule has 0 saturated carbocycles. The lowest BCUT2D eigenvalue weighted by Gasteiger charge is -2.17. The molecular formula is C20H20Cl2N4O2. The summed E-state index contributed by atoms with van der Waals surface area (Å²) in [5.74, 6) is 0.670. The number of fused-ring (bicyclic) bond motifs is 1. The molecule has 8 heteroatoms. The molecule has 3 rings (SSSR count). The maximum Gasteiger partial charge on any atom is 0.337 e. The Balaban J connectivity index is 2.53. The van der Waals surface area contributed by atoms with E-state index in [9.17, 15) is 9.59 Å². The largest absolute Gasteiger partial charge is 0.337 e. The summed E-state index contributed by atoms with van der Waals surface area (Å²) in [4.78, 5) is 30.6. The van der Waals surface area contributed by atoms with Gasteiger partial charge in [-0.1, -0.05) is 42.3 Å². The lowest BCUT2D eigenvalue weighted by Crippen LogP contribution is -2.38. The van der Waals surface area contributed by atoms with E-state index in [0.717, 1.165) is 4.57 Å². The third-order valence-corrected chi connectivity index (χ3v) is 5.18. The molecule has 146 valence electrons. The Kier molecular flexibility index (Phi) is 5.63. The summed E-state index contributed by atoms with van der Waals surface area (Å²) in [5, 5.41) is 0.730. The molecule has 0 fully saturated rings. The first-order chi connectivity index (χ1) is 13.3. The fourth-order valence-corrected chi connectivity index (χ4v) is 3.76. The number of rotatable bonds is 6. The molecule has 2 aromatic heterocycles. The minimum absolute atomic E-state index is 0.211. The molecule has 1 atom stereocenters. The van der Waals surface area contributed by atoms with Gasteiger partial charge in [-0.15, -0.1) is 13.2 Å². The van der Waals surface area contributed by atoms with Crippen molar-refractivity contribution in [1.29, 1.82) is 0 Å². The van der Waals surface area contributed by atoms with Crippen molar-refractivity contribution in [3.05, 3.63) is 80.2 Å². The number of benzene rings is 1. The molecule has 2 heterocycles. The molecule has 6 nitrogen and oxygen atoms in total. The summed E-state index contributed by atoms with van der Waals surface area (Å²) in [5.41, 5.74) is 0.0157. The number of hydrogen-bond acceptors (Lipinski definition) is 3. The number of aryl methyl sites for hydroxylation is 1. The van der Waals surface area contributed by atoms with E-state index >= 15 is 0 Å². The van der Waals surface area contributed by atoms with Crippen LogP contribution in [0.4, 0.5) is 0 Å². The summed E-state index contributed by atoms with van der Waals surface area (Å²) < 4.78 is 4.23. The standard InChI is InChI=1S/C20H20Cl2N4O2/c1-5-8-13(6-2)25-16(7-3)23-18-17(25)19(27)24(4)20(28)26(18)15-10-9-12(21)11-14(15)22/h5-6,9-11,13H,1-2,7-8H2,3-4H3. The normalized spacial score (nSPS) is 12.3. The third kappa shape index (κ3) is 3.12. The number of allylic oxidation sites excluding steroid dienone is 2. The van der Waals surface area contributed by atoms with Gasteiger partial charge in [0.25, 0.3) is 5.56 Å². The van der Waals surface area contributed by atoms with Crippen LogP contribution in [0.25, 0.3) is 16.9 Å². The van der Waals surface area contributed by atoms with Crippen molar-refractivity contribution in [2.24, 2.45) is 7.05 Å². The van der Waals surface area contributed by atoms with Gasteiger partial charge in [0.1, 0.15) is 5.82 Å². The van der Waals surface area contributed by atoms with Crippen LogP contribution in [-0.2, 0) is 13.5 Å². The minimum Gasteiger partial charge on any atom is -0.315 e. The Bertz CT molecular complexity index is 1200. The molecular weight excluding hydrogens is 399 g/mol. The Morgan fingerprint density at radius 3 is 2.54 bits per heavy atom. The van der Waals surface area contributed by atoms with E-state index in [0.29, 0.717) is 34.9 Å². The zero-order chi connectivity index (χ0) is 20.6. The van der Waals surface area contributed by atoms with Crippen molar-refractivity contribution in [1.82, 2.24) is 18.7 Å². The quantitative estimate of drug-likeness (QED) is 0.567. The predicted octanol–water partition coefficient (Wildman–Crippen LogP) is 4.06. The predicted molar refractivity (Wildman–Crippen MR) is 114 cm³/mol. The molecule has 0 aliphatic heterocycles. The lowest BCUT2D eigenvalue weighted by molar-refractivity contribution is 0.596. The van der Waals surface area contributed by atoms with E-state index in [-0.39, 0.29) is 16.7 Å². The van der Waals surface area contributed by atoms with E-state index in [2.05, 4.69) is 18.1 Å². The molecule has 0 amide bonds. The van der Waals surface area contributed by atoms with Gasteiger partial charge in [0.15, 0.2) is 11.2 Å². The van der Waals surface area contributed by atoms with Crippen LogP contribution in [-0.4, -0.2) is 18.7 Å². The van der Waals surface area contributed by atoms with Crippen LogP contribution in [0.15, 0.2) is 53.1 Å². The zero-order valence-corrected chi connectivity index (χ0v) is 17.2. The molecule has 0 aliphatic rings. The molecule has 0 bridgehead atoms. The molecule has 0 spiro atoms. The highest BCUT2D eigenvalue weighted by molar-refractivity contribution is 6.35. The molecule has 0 N–H and O–H groups in total. The van der Waals surface area contributed by atoms with Gasteiger partial charge in [0.05, 0.1) is 16.8 Å². The molecule has 1 unspecified atom stereocenters. The van der Waals surface area contributed by atoms with Gasteiger partial charge >= 0.3 is 5.69 Å². The highest BCUT2D eigenvalue weighted by atomic mass is 35.5. The smallest absolute Gasteiger partial charge is 0.315 e. The van der Waals surface area contributed by atoms with Gasteiger partial charge in [-0.25, -0.2) is 14.3 Å². The van der Waals surface area contributed by atoms with E-state index in [4.69, 9.17) is 23.2 Å². The molecule has 0 radical (unpaired) electrons. The van der Waals surface area contributed by atoms with Crippen LogP contribution in [0.2, 0.25) is 10.0 Å². The second-order valence-corrected chi connectivity index (χ2v) is 7.17. The average Bonchev–Trinajstić information content (AvgIpc) is 3.05. The average molecular weight is 419 g/mol. The second-order valence-electron chi connectivity index (χ2n) is 6.33. The Morgan fingerprint density at radius 2 is 1.96 bits per heavy atom. The number of halogens is 2. The SMILES string of the molecule is C=CCC(C=C)n1c(CC)nc2c1c(=O)n(C)c(=O)n2-c1ccc(Cl)cc1Cl. The van der Waals surface area contributed by atoms with Gasteiger partial charge in [-0.2, -0.15) is 0 Å². The van der Waals surface area contributed by atoms with Crippen molar-refractivity contribution < 1.29 is 0 Å². The maximum atomic E-state index is 13.0. The van der Waals surface area contributed by atoms with E-state index in [1.807, 2.05) is 11.5 Å². The lowest BCUT2D eigenvalue weighted by atomic mass is 10.2. The Morgan fingerprint density at radius 1 is 1.25 bits per heavy atom. The first-order valence-corrected chi connectivity index (χ1v) is 9.53. The summed E-state index contributed by atoms with van der Waals surface area (Å²) in [6.45, 7) is 9.60. The van der Waals surface area contributed by atoms with Crippen LogP contribution < -0.4 is 11.2 Å². The monoisotopic (exact) mass is 418 g/mol. The second kappa shape index (κ2) is 7.81. The van der Waals surface area contributed by atoms with Crippen LogP contribution in [0.1, 0.15) is 25.2 Å². The maximum absolute atomic E-state index is 13.0. The van der Waals surface area contributed by atoms with Crippen LogP contribution in [0.5, 0.6) is 0 Å². The summed E-state index contributed by atoms with van der Waals surface area (Å²) in [6.07, 6.45) is 4.65. The Labute approximate surface area is 172 Å². The van der Waals surface area contributed by atoms with E-state index in [1.165, 1.54) is 11.6 Å². The van der Waals surface area contributed by atoms with Gasteiger partial charge < -0.3 is 4.57 Å². The van der Waals surface area contributed by atoms with E-state index < -0.39 is 11.2 Å². The number of nitrogens with zero attached hydrogens (tertiary/aromatic N) is 4. The van der Waals surface area contributed by atoms with Crippen LogP contribution >= 0.6 is 23.2 Å². The van der Waals surface area contributed by atoms with Crippen molar-refractivity contribution in [2.45, 2.75) is 25.8 Å².